The molecule has 0 aromatic rings. The van der Waals surface area contributed by atoms with Crippen molar-refractivity contribution in [3.05, 3.63) is 23.4 Å². The van der Waals surface area contributed by atoms with Gasteiger partial charge in [0, 0.05) is 0 Å². The van der Waals surface area contributed by atoms with E-state index < -0.39 is 8.32 Å². The minimum atomic E-state index is -2.27. The second-order valence-corrected chi connectivity index (χ2v) is 9.78. The lowest BCUT2D eigenvalue weighted by atomic mass is 10.0. The van der Waals surface area contributed by atoms with Crippen LogP contribution >= 0.6 is 0 Å². The summed E-state index contributed by atoms with van der Waals surface area (Å²) >= 11 is 0. The predicted octanol–water partition coefficient (Wildman–Crippen LogP) is 3.42. The van der Waals surface area contributed by atoms with Gasteiger partial charge in [0.15, 0.2) is 0 Å². The largest absolute Gasteiger partial charge is 0.427 e. The van der Waals surface area contributed by atoms with Crippen molar-refractivity contribution < 1.29 is 4.80 Å². The average molecular weight is 210 g/mol. The molecule has 1 aliphatic rings. The van der Waals surface area contributed by atoms with Crippen molar-refractivity contribution in [2.45, 2.75) is 45.7 Å². The first-order chi connectivity index (χ1) is 6.25. The van der Waals surface area contributed by atoms with Gasteiger partial charge in [0.1, 0.15) is 0 Å². The van der Waals surface area contributed by atoms with Crippen molar-refractivity contribution in [2.24, 2.45) is 5.92 Å². The summed E-state index contributed by atoms with van der Waals surface area (Å²) in [6.45, 7) is 10.6. The van der Waals surface area contributed by atoms with Crippen molar-refractivity contribution in [1.82, 2.24) is 0 Å². The van der Waals surface area contributed by atoms with Crippen LogP contribution in [0.2, 0.25) is 11.6 Å². The molecule has 80 valence electrons. The average Bonchev–Trinajstić information content (AvgIpc) is 2.02. The van der Waals surface area contributed by atoms with Crippen LogP contribution in [0.3, 0.4) is 0 Å². The summed E-state index contributed by atoms with van der Waals surface area (Å²) in [7, 11) is -2.27. The molecule has 0 aliphatic heterocycles. The Hall–Kier alpha value is -0.343. The van der Waals surface area contributed by atoms with Gasteiger partial charge in [-0.05, 0) is 29.1 Å². The third kappa shape index (κ3) is 2.18. The quantitative estimate of drug-likeness (QED) is 0.658. The van der Waals surface area contributed by atoms with Gasteiger partial charge in [0.2, 0.25) is 8.32 Å². The van der Waals surface area contributed by atoms with Crippen LogP contribution in [0.15, 0.2) is 23.4 Å². The fourth-order valence-electron chi connectivity index (χ4n) is 1.60. The molecule has 0 aromatic heterocycles. The molecule has 0 radical (unpaired) electrons. The molecule has 2 heteroatoms. The Morgan fingerprint density at radius 2 is 2.00 bits per heavy atom. The smallest absolute Gasteiger partial charge is 0.222 e. The molecule has 2 unspecified atom stereocenters. The van der Waals surface area contributed by atoms with Crippen LogP contribution in [0, 0.1) is 5.92 Å². The van der Waals surface area contributed by atoms with E-state index in [2.05, 4.69) is 45.9 Å². The van der Waals surface area contributed by atoms with Crippen molar-refractivity contribution in [3.8, 4) is 0 Å². The number of hydrogen-bond acceptors (Lipinski definition) is 1. The van der Waals surface area contributed by atoms with E-state index in [0.717, 1.165) is 6.42 Å². The molecule has 1 rings (SSSR count). The predicted molar refractivity (Wildman–Crippen MR) is 64.6 cm³/mol. The molecular weight excluding hydrogens is 188 g/mol. The SMILES string of the molecule is CC1C=C([Si](C)(O)C(C)(C)C)C=CC1. The Labute approximate surface area is 88.7 Å². The van der Waals surface area contributed by atoms with E-state index in [-0.39, 0.29) is 5.04 Å². The lowest BCUT2D eigenvalue weighted by Crippen LogP contribution is -2.43. The Balaban J connectivity index is 2.99. The zero-order valence-electron chi connectivity index (χ0n) is 9.96. The second-order valence-electron chi connectivity index (χ2n) is 5.56. The fourth-order valence-corrected chi connectivity index (χ4v) is 3.51. The maximum atomic E-state index is 10.6. The summed E-state index contributed by atoms with van der Waals surface area (Å²) < 4.78 is 0. The lowest BCUT2D eigenvalue weighted by Gasteiger charge is -2.36. The summed E-state index contributed by atoms with van der Waals surface area (Å²) in [4.78, 5) is 10.6. The highest BCUT2D eigenvalue weighted by Gasteiger charge is 2.41. The van der Waals surface area contributed by atoms with Gasteiger partial charge >= 0.3 is 0 Å². The highest BCUT2D eigenvalue weighted by Crippen LogP contribution is 2.40. The van der Waals surface area contributed by atoms with Gasteiger partial charge in [-0.3, -0.25) is 0 Å². The Kier molecular flexibility index (Phi) is 3.07. The van der Waals surface area contributed by atoms with E-state index in [9.17, 15) is 4.80 Å². The first-order valence-electron chi connectivity index (χ1n) is 5.36. The van der Waals surface area contributed by atoms with Gasteiger partial charge in [-0.25, -0.2) is 0 Å². The minimum absolute atomic E-state index is 0.0141. The summed E-state index contributed by atoms with van der Waals surface area (Å²) in [5, 5.41) is 1.21. The normalized spacial score (nSPS) is 27.0. The molecular formula is C12H22OSi. The van der Waals surface area contributed by atoms with E-state index in [0.29, 0.717) is 5.92 Å². The number of rotatable bonds is 1. The Morgan fingerprint density at radius 1 is 1.43 bits per heavy atom. The van der Waals surface area contributed by atoms with Crippen LogP contribution < -0.4 is 0 Å². The Bertz CT molecular complexity index is 269. The van der Waals surface area contributed by atoms with Crippen LogP contribution in [0.4, 0.5) is 0 Å². The van der Waals surface area contributed by atoms with Gasteiger partial charge in [0.25, 0.3) is 0 Å². The third-order valence-electron chi connectivity index (χ3n) is 3.29. The molecule has 0 fully saturated rings. The van der Waals surface area contributed by atoms with Gasteiger partial charge in [-0.1, -0.05) is 45.9 Å². The van der Waals surface area contributed by atoms with Crippen LogP contribution in [-0.2, 0) is 0 Å². The number of allylic oxidation sites excluding steroid dienone is 4. The summed E-state index contributed by atoms with van der Waals surface area (Å²) in [6, 6.07) is 0. The standard InChI is InChI=1S/C12H22OSi/c1-10-7-6-8-11(9-10)14(5,13)12(2,3)4/h6,8-10,13H,7H2,1-5H3. The fraction of sp³-hybridized carbons (Fsp3) is 0.667. The maximum Gasteiger partial charge on any atom is 0.222 e. The molecule has 0 aromatic carbocycles. The molecule has 1 nitrogen and oxygen atoms in total. The van der Waals surface area contributed by atoms with E-state index >= 15 is 0 Å². The van der Waals surface area contributed by atoms with Crippen LogP contribution in [0.5, 0.6) is 0 Å². The molecule has 14 heavy (non-hydrogen) atoms. The van der Waals surface area contributed by atoms with E-state index in [1.165, 1.54) is 5.20 Å². The zero-order chi connectivity index (χ0) is 11.0. The van der Waals surface area contributed by atoms with E-state index in [4.69, 9.17) is 0 Å². The molecule has 0 amide bonds. The number of hydrogen-bond donors (Lipinski definition) is 1. The minimum Gasteiger partial charge on any atom is -0.427 e. The highest BCUT2D eigenvalue weighted by molar-refractivity contribution is 6.81. The molecule has 0 saturated heterocycles. The molecule has 0 spiro atoms. The summed E-state index contributed by atoms with van der Waals surface area (Å²) in [5.74, 6) is 0.580. The van der Waals surface area contributed by atoms with Gasteiger partial charge in [-0.15, -0.1) is 0 Å². The molecule has 0 heterocycles. The van der Waals surface area contributed by atoms with Crippen molar-refractivity contribution in [1.29, 1.82) is 0 Å². The van der Waals surface area contributed by atoms with Gasteiger partial charge in [0.05, 0.1) is 0 Å². The van der Waals surface area contributed by atoms with Crippen molar-refractivity contribution >= 4 is 8.32 Å². The molecule has 2 atom stereocenters. The van der Waals surface area contributed by atoms with Crippen molar-refractivity contribution in [2.75, 3.05) is 0 Å². The van der Waals surface area contributed by atoms with Crippen LogP contribution in [0.25, 0.3) is 0 Å². The lowest BCUT2D eigenvalue weighted by molar-refractivity contribution is 0.489. The van der Waals surface area contributed by atoms with Crippen LogP contribution in [0.1, 0.15) is 34.1 Å². The monoisotopic (exact) mass is 210 g/mol. The highest BCUT2D eigenvalue weighted by atomic mass is 28.4. The summed E-state index contributed by atoms with van der Waals surface area (Å²) in [5.41, 5.74) is 0. The first-order valence-corrected chi connectivity index (χ1v) is 7.81. The molecule has 0 saturated carbocycles. The van der Waals surface area contributed by atoms with E-state index in [1.54, 1.807) is 0 Å². The Morgan fingerprint density at radius 3 is 2.43 bits per heavy atom. The molecule has 1 aliphatic carbocycles. The zero-order valence-corrected chi connectivity index (χ0v) is 11.0. The molecule has 0 bridgehead atoms. The summed E-state index contributed by atoms with van der Waals surface area (Å²) in [6.07, 6.45) is 7.67. The van der Waals surface area contributed by atoms with E-state index in [1.807, 2.05) is 6.55 Å². The topological polar surface area (TPSA) is 20.2 Å². The van der Waals surface area contributed by atoms with Gasteiger partial charge in [-0.2, -0.15) is 0 Å². The first kappa shape index (κ1) is 11.7. The van der Waals surface area contributed by atoms with Gasteiger partial charge < -0.3 is 4.80 Å². The van der Waals surface area contributed by atoms with Crippen LogP contribution in [-0.4, -0.2) is 13.1 Å². The molecule has 1 N–H and O–H groups in total. The third-order valence-corrected chi connectivity index (χ3v) is 7.67. The maximum absolute atomic E-state index is 10.6. The second kappa shape index (κ2) is 3.67. The van der Waals surface area contributed by atoms with Crippen molar-refractivity contribution in [3.63, 3.8) is 0 Å².